The molecule has 282 valence electrons. The van der Waals surface area contributed by atoms with Gasteiger partial charge in [0.05, 0.1) is 50.0 Å². The van der Waals surface area contributed by atoms with Crippen molar-refractivity contribution < 1.29 is 23.9 Å². The fraction of sp³-hybridized carbons (Fsp3) is 0.189. The van der Waals surface area contributed by atoms with Crippen LogP contribution in [0.5, 0.6) is 0 Å². The van der Waals surface area contributed by atoms with E-state index >= 15 is 0 Å². The highest BCUT2D eigenvalue weighted by atomic mass is 35.5. The van der Waals surface area contributed by atoms with Crippen molar-refractivity contribution in [1.29, 1.82) is 0 Å². The van der Waals surface area contributed by atoms with E-state index in [0.717, 1.165) is 21.6 Å². The predicted octanol–water partition coefficient (Wildman–Crippen LogP) is 9.27. The molecule has 0 bridgehead atoms. The zero-order valence-corrected chi connectivity index (χ0v) is 34.3. The molecule has 4 heterocycles. The Balaban J connectivity index is 0.000000198. The van der Waals surface area contributed by atoms with Crippen LogP contribution in [0.3, 0.4) is 0 Å². The molecule has 0 unspecified atom stereocenters. The third kappa shape index (κ3) is 9.67. The van der Waals surface area contributed by atoms with Crippen molar-refractivity contribution in [3.8, 4) is 0 Å². The minimum atomic E-state index is -0.674. The van der Waals surface area contributed by atoms with E-state index in [0.29, 0.717) is 20.1 Å². The van der Waals surface area contributed by atoms with Crippen LogP contribution in [0.4, 0.5) is 11.4 Å². The van der Waals surface area contributed by atoms with Crippen LogP contribution >= 0.6 is 69.7 Å². The lowest BCUT2D eigenvalue weighted by molar-refractivity contribution is -0.138. The second-order valence-corrected chi connectivity index (χ2v) is 14.6. The highest BCUT2D eigenvalue weighted by Gasteiger charge is 2.28. The maximum atomic E-state index is 12.9. The van der Waals surface area contributed by atoms with E-state index in [4.69, 9.17) is 50.0 Å². The number of ketones is 1. The summed E-state index contributed by atoms with van der Waals surface area (Å²) in [5.41, 5.74) is 8.37. The molecule has 0 aliphatic rings. The number of pyridine rings is 3. The zero-order valence-electron chi connectivity index (χ0n) is 29.6. The van der Waals surface area contributed by atoms with Gasteiger partial charge in [-0.2, -0.15) is 0 Å². The SMILES string of the molecule is CCOC(=O)C(C(=O)c1ccc(Cl)nc1Cl)=C(SC)SC.CCOC(=O)c1c(=O)c2ccc(Cl)nc2n2c1sc1ccccc12.CNc1ccccc1N. The third-order valence-electron chi connectivity index (χ3n) is 7.30. The van der Waals surface area contributed by atoms with E-state index in [1.165, 1.54) is 47.0 Å². The first-order chi connectivity index (χ1) is 25.9. The number of nitrogens with one attached hydrogen (secondary N) is 1. The van der Waals surface area contributed by atoms with E-state index < -0.39 is 17.7 Å². The number of carbonyl (C=O) groups excluding carboxylic acids is 3. The number of aromatic nitrogens is 3. The Bertz CT molecular complexity index is 2430. The lowest BCUT2D eigenvalue weighted by Gasteiger charge is -2.11. The average molecular weight is 847 g/mol. The normalized spacial score (nSPS) is 10.5. The second-order valence-electron chi connectivity index (χ2n) is 10.6. The van der Waals surface area contributed by atoms with Crippen molar-refractivity contribution >= 4 is 125 Å². The molecule has 6 rings (SSSR count). The molecule has 17 heteroatoms. The molecule has 2 aromatic carbocycles. The molecule has 11 nitrogen and oxygen atoms in total. The number of halogens is 3. The maximum Gasteiger partial charge on any atom is 0.345 e. The molecule has 0 amide bonds. The Morgan fingerprint density at radius 2 is 1.50 bits per heavy atom. The van der Waals surface area contributed by atoms with Crippen LogP contribution in [0.25, 0.3) is 26.1 Å². The molecule has 6 aromatic rings. The number of hydrogen-bond acceptors (Lipinski definition) is 13. The molecule has 0 radical (unpaired) electrons. The van der Waals surface area contributed by atoms with Gasteiger partial charge in [0.15, 0.2) is 5.65 Å². The number of benzene rings is 2. The number of nitrogens with zero attached hydrogens (tertiary/aromatic N) is 3. The average Bonchev–Trinajstić information content (AvgIpc) is 3.54. The van der Waals surface area contributed by atoms with Gasteiger partial charge in [0, 0.05) is 7.05 Å². The number of anilines is 2. The third-order valence-corrected chi connectivity index (χ3v) is 11.3. The Morgan fingerprint density at radius 1 is 0.870 bits per heavy atom. The number of Topliss-reactive ketones (excluding diaryl/α,β-unsaturated/α-hetero) is 1. The summed E-state index contributed by atoms with van der Waals surface area (Å²) in [5.74, 6) is -1.82. The molecule has 4 aromatic heterocycles. The standard InChI is InChI=1S/C17H11ClN2O3S.C13H13Cl2NO3S2.C7H10N2/c1-2-23-17(22)13-14(21)9-7-8-12(18)19-15(9)20-10-5-3-4-6-11(10)24-16(13)20;1-4-19-12(18)9(13(20-2)21-3)10(17)7-5-6-8(14)16-11(7)15;1-9-7-5-3-2-4-6(7)8/h3-8H,2H2,1H3;5-6H,4H2,1-3H3;2-5,9H,8H2,1H3. The van der Waals surface area contributed by atoms with Gasteiger partial charge in [-0.15, -0.1) is 34.9 Å². The maximum absolute atomic E-state index is 12.9. The molecule has 0 aliphatic carbocycles. The summed E-state index contributed by atoms with van der Waals surface area (Å²) < 4.78 is 13.4. The van der Waals surface area contributed by atoms with Gasteiger partial charge in [-0.1, -0.05) is 59.1 Å². The van der Waals surface area contributed by atoms with Crippen LogP contribution in [0.1, 0.15) is 34.6 Å². The molecule has 0 fully saturated rings. The van der Waals surface area contributed by atoms with Crippen molar-refractivity contribution in [1.82, 2.24) is 14.4 Å². The van der Waals surface area contributed by atoms with E-state index in [1.54, 1.807) is 42.9 Å². The van der Waals surface area contributed by atoms with Gasteiger partial charge in [-0.05, 0) is 74.9 Å². The van der Waals surface area contributed by atoms with E-state index in [1.807, 2.05) is 55.6 Å². The van der Waals surface area contributed by atoms with Gasteiger partial charge in [0.1, 0.15) is 31.4 Å². The Labute approximate surface area is 338 Å². The number of rotatable bonds is 9. The first-order valence-corrected chi connectivity index (χ1v) is 20.4. The van der Waals surface area contributed by atoms with Gasteiger partial charge >= 0.3 is 11.9 Å². The first-order valence-electron chi connectivity index (χ1n) is 16.0. The molecular formula is C37H34Cl3N5O6S3. The van der Waals surface area contributed by atoms with Gasteiger partial charge in [0.25, 0.3) is 0 Å². The van der Waals surface area contributed by atoms with E-state index in [-0.39, 0.29) is 50.8 Å². The fourth-order valence-electron chi connectivity index (χ4n) is 4.95. The number of carbonyl (C=O) groups is 3. The number of hydrogen-bond donors (Lipinski definition) is 2. The Kier molecular flexibility index (Phi) is 15.6. The number of nitrogens with two attached hydrogens (primary N) is 1. The monoisotopic (exact) mass is 845 g/mol. The summed E-state index contributed by atoms with van der Waals surface area (Å²) in [7, 11) is 1.85. The summed E-state index contributed by atoms with van der Waals surface area (Å²) in [5, 5.41) is 3.72. The van der Waals surface area contributed by atoms with Crippen molar-refractivity contribution in [3.05, 3.63) is 119 Å². The highest BCUT2D eigenvalue weighted by Crippen LogP contribution is 2.33. The zero-order chi connectivity index (χ0) is 39.5. The van der Waals surface area contributed by atoms with Crippen LogP contribution < -0.4 is 16.5 Å². The van der Waals surface area contributed by atoms with Crippen LogP contribution in [0, 0.1) is 0 Å². The molecule has 0 spiro atoms. The summed E-state index contributed by atoms with van der Waals surface area (Å²) in [6, 6.07) is 21.3. The number of fused-ring (bicyclic) bond motifs is 5. The molecule has 0 saturated heterocycles. The van der Waals surface area contributed by atoms with E-state index in [2.05, 4.69) is 15.3 Å². The van der Waals surface area contributed by atoms with Crippen molar-refractivity contribution in [2.24, 2.45) is 0 Å². The van der Waals surface area contributed by atoms with Crippen LogP contribution in [0.2, 0.25) is 15.5 Å². The quantitative estimate of drug-likeness (QED) is 0.0271. The summed E-state index contributed by atoms with van der Waals surface area (Å²) in [6.45, 7) is 3.76. The molecule has 0 atom stereocenters. The summed E-state index contributed by atoms with van der Waals surface area (Å²) in [6.07, 6.45) is 3.56. The minimum absolute atomic E-state index is 0.0367. The first kappa shape index (κ1) is 42.4. The van der Waals surface area contributed by atoms with Crippen LogP contribution in [-0.4, -0.2) is 64.9 Å². The molecule has 54 heavy (non-hydrogen) atoms. The number of para-hydroxylation sites is 3. The lowest BCUT2D eigenvalue weighted by atomic mass is 10.1. The van der Waals surface area contributed by atoms with Crippen LogP contribution in [-0.2, 0) is 14.3 Å². The number of thiazole rings is 1. The molecule has 0 saturated carbocycles. The second kappa shape index (κ2) is 19.9. The lowest BCUT2D eigenvalue weighted by Crippen LogP contribution is -2.20. The van der Waals surface area contributed by atoms with Crippen LogP contribution in [0.15, 0.2) is 87.4 Å². The minimum Gasteiger partial charge on any atom is -0.462 e. The highest BCUT2D eigenvalue weighted by molar-refractivity contribution is 8.21. The van der Waals surface area contributed by atoms with Crippen molar-refractivity contribution in [2.75, 3.05) is 43.8 Å². The Morgan fingerprint density at radius 3 is 2.11 bits per heavy atom. The van der Waals surface area contributed by atoms with E-state index in [9.17, 15) is 19.2 Å². The number of ether oxygens (including phenoxy) is 2. The van der Waals surface area contributed by atoms with Gasteiger partial charge in [-0.3, -0.25) is 14.0 Å². The summed E-state index contributed by atoms with van der Waals surface area (Å²) >= 11 is 21.6. The van der Waals surface area contributed by atoms with Gasteiger partial charge in [-0.25, -0.2) is 19.6 Å². The molecule has 0 aliphatic heterocycles. The van der Waals surface area contributed by atoms with Crippen molar-refractivity contribution in [3.63, 3.8) is 0 Å². The number of thioether (sulfide) groups is 2. The Hall–Kier alpha value is -4.31. The molecule has 3 N–H and O–H groups in total. The van der Waals surface area contributed by atoms with Gasteiger partial charge < -0.3 is 20.5 Å². The predicted molar refractivity (Wildman–Crippen MR) is 225 cm³/mol. The smallest absolute Gasteiger partial charge is 0.345 e. The number of nitrogen functional groups attached to an aromatic ring is 1. The van der Waals surface area contributed by atoms with Gasteiger partial charge in [0.2, 0.25) is 11.2 Å². The summed E-state index contributed by atoms with van der Waals surface area (Å²) in [4.78, 5) is 58.6. The molecular weight excluding hydrogens is 813 g/mol. The van der Waals surface area contributed by atoms with Crippen molar-refractivity contribution in [2.45, 2.75) is 13.8 Å². The fourth-order valence-corrected chi connectivity index (χ4v) is 8.12. The topological polar surface area (TPSA) is 155 Å². The number of esters is 2. The largest absolute Gasteiger partial charge is 0.462 e.